The number of rotatable bonds is 23. The molecule has 0 aromatic heterocycles. The van der Waals surface area contributed by atoms with Crippen LogP contribution in [0.15, 0.2) is 30.3 Å². The van der Waals surface area contributed by atoms with Gasteiger partial charge in [0.1, 0.15) is 12.7 Å². The smallest absolute Gasteiger partial charge is 0.331 e. The zero-order valence-corrected chi connectivity index (χ0v) is 23.8. The first-order chi connectivity index (χ1) is 18.5. The second kappa shape index (κ2) is 22.6. The molecule has 0 aliphatic heterocycles. The predicted molar refractivity (Wildman–Crippen MR) is 150 cm³/mol. The van der Waals surface area contributed by atoms with Gasteiger partial charge in [-0.25, -0.2) is 4.79 Å². The lowest BCUT2D eigenvalue weighted by molar-refractivity contribution is -0.153. The van der Waals surface area contributed by atoms with Crippen molar-refractivity contribution in [2.75, 3.05) is 6.61 Å². The molecule has 0 saturated heterocycles. The lowest BCUT2D eigenvalue weighted by Gasteiger charge is -2.20. The lowest BCUT2D eigenvalue weighted by atomic mass is 10.0. The Morgan fingerprint density at radius 1 is 0.816 bits per heavy atom. The third-order valence-electron chi connectivity index (χ3n) is 6.60. The minimum atomic E-state index is -1.16. The molecule has 0 saturated carbocycles. The summed E-state index contributed by atoms with van der Waals surface area (Å²) >= 11 is 0. The minimum Gasteiger partial charge on any atom is -0.462 e. The molecule has 7 heteroatoms. The maximum Gasteiger partial charge on any atom is 0.331 e. The van der Waals surface area contributed by atoms with Crippen LogP contribution in [0, 0.1) is 0 Å². The average Bonchev–Trinajstić information content (AvgIpc) is 2.92. The van der Waals surface area contributed by atoms with Gasteiger partial charge < -0.3 is 19.9 Å². The number of hydrogen-bond donors (Lipinski definition) is 2. The highest BCUT2D eigenvalue weighted by Crippen LogP contribution is 2.16. The summed E-state index contributed by atoms with van der Waals surface area (Å²) < 4.78 is 10.9. The molecule has 7 nitrogen and oxygen atoms in total. The van der Waals surface area contributed by atoms with E-state index in [4.69, 9.17) is 9.47 Å². The van der Waals surface area contributed by atoms with Gasteiger partial charge in [0.05, 0.1) is 13.0 Å². The summed E-state index contributed by atoms with van der Waals surface area (Å²) in [6, 6.07) is 8.04. The second-order valence-electron chi connectivity index (χ2n) is 10.1. The molecule has 1 aromatic carbocycles. The summed E-state index contributed by atoms with van der Waals surface area (Å²) in [5.74, 6) is -1.43. The number of nitrogens with one attached hydrogen (secondary N) is 1. The summed E-state index contributed by atoms with van der Waals surface area (Å²) in [5, 5.41) is 12.2. The predicted octanol–water partition coefficient (Wildman–Crippen LogP) is 6.40. The third kappa shape index (κ3) is 17.2. The molecular formula is C31H51NO6. The Labute approximate surface area is 230 Å². The summed E-state index contributed by atoms with van der Waals surface area (Å²) in [5.41, 5.74) is 0.815. The molecule has 1 rings (SSSR count). The molecule has 0 radical (unpaired) electrons. The fourth-order valence-electron chi connectivity index (χ4n) is 4.29. The van der Waals surface area contributed by atoms with Crippen LogP contribution in [0.1, 0.15) is 122 Å². The number of esters is 2. The molecule has 1 amide bonds. The summed E-state index contributed by atoms with van der Waals surface area (Å²) in [6.45, 7) is 3.83. The van der Waals surface area contributed by atoms with Gasteiger partial charge in [0.15, 0.2) is 6.04 Å². The first kappa shape index (κ1) is 33.6. The number of hydrogen-bond acceptors (Lipinski definition) is 6. The van der Waals surface area contributed by atoms with E-state index in [1.165, 1.54) is 38.5 Å². The van der Waals surface area contributed by atoms with Crippen molar-refractivity contribution < 1.29 is 29.0 Å². The number of carbonyl (C=O) groups is 3. The SMILES string of the molecule is CCCCCCCCCCC[C@H](CC(=O)N[C@@H](CO)C(=O)OCc1ccccc1)OC(=O)CCCCCC. The van der Waals surface area contributed by atoms with Crippen LogP contribution in [-0.4, -0.2) is 41.7 Å². The van der Waals surface area contributed by atoms with Crippen LogP contribution in [0.3, 0.4) is 0 Å². The van der Waals surface area contributed by atoms with E-state index < -0.39 is 30.6 Å². The molecule has 0 spiro atoms. The van der Waals surface area contributed by atoms with E-state index in [1.54, 1.807) is 0 Å². The van der Waals surface area contributed by atoms with Gasteiger partial charge in [0, 0.05) is 6.42 Å². The first-order valence-electron chi connectivity index (χ1n) is 14.8. The standard InChI is InChI=1S/C31H51NO6/c1-3-5-7-9-10-11-12-13-17-21-27(38-30(35)22-18-8-6-4-2)23-29(34)32-28(24-33)31(36)37-25-26-19-15-14-16-20-26/h14-16,19-20,27-28,33H,3-13,17-18,21-25H2,1-2H3,(H,32,34)/t27-,28+/m1/s1. The summed E-state index contributed by atoms with van der Waals surface area (Å²) in [4.78, 5) is 37.5. The zero-order valence-electron chi connectivity index (χ0n) is 23.8. The monoisotopic (exact) mass is 533 g/mol. The van der Waals surface area contributed by atoms with Gasteiger partial charge in [0.2, 0.25) is 5.91 Å². The molecule has 0 heterocycles. The molecule has 0 unspecified atom stereocenters. The largest absolute Gasteiger partial charge is 0.462 e. The molecule has 216 valence electrons. The van der Waals surface area contributed by atoms with Gasteiger partial charge >= 0.3 is 11.9 Å². The van der Waals surface area contributed by atoms with E-state index in [-0.39, 0.29) is 19.0 Å². The van der Waals surface area contributed by atoms with Crippen molar-refractivity contribution in [2.24, 2.45) is 0 Å². The number of ether oxygens (including phenoxy) is 2. The maximum absolute atomic E-state index is 12.7. The van der Waals surface area contributed by atoms with E-state index in [9.17, 15) is 19.5 Å². The second-order valence-corrected chi connectivity index (χ2v) is 10.1. The highest BCUT2D eigenvalue weighted by Gasteiger charge is 2.24. The molecule has 0 aliphatic rings. The Balaban J connectivity index is 2.51. The zero-order chi connectivity index (χ0) is 27.8. The number of aliphatic hydroxyl groups is 1. The van der Waals surface area contributed by atoms with Crippen molar-refractivity contribution in [3.05, 3.63) is 35.9 Å². The fourth-order valence-corrected chi connectivity index (χ4v) is 4.29. The lowest BCUT2D eigenvalue weighted by Crippen LogP contribution is -2.45. The molecule has 38 heavy (non-hydrogen) atoms. The van der Waals surface area contributed by atoms with Crippen LogP contribution in [0.25, 0.3) is 0 Å². The molecule has 0 fully saturated rings. The molecule has 2 N–H and O–H groups in total. The van der Waals surface area contributed by atoms with Crippen molar-refractivity contribution >= 4 is 17.8 Å². The van der Waals surface area contributed by atoms with Crippen LogP contribution < -0.4 is 5.32 Å². The molecular weight excluding hydrogens is 482 g/mol. The Kier molecular flexibility index (Phi) is 20.0. The number of carbonyl (C=O) groups excluding carboxylic acids is 3. The first-order valence-corrected chi connectivity index (χ1v) is 14.8. The topological polar surface area (TPSA) is 102 Å². The minimum absolute atomic E-state index is 0.0415. The van der Waals surface area contributed by atoms with Crippen LogP contribution >= 0.6 is 0 Å². The highest BCUT2D eigenvalue weighted by atomic mass is 16.5. The van der Waals surface area contributed by atoms with Crippen LogP contribution in [0.4, 0.5) is 0 Å². The summed E-state index contributed by atoms with van der Waals surface area (Å²) in [6.07, 6.45) is 14.9. The van der Waals surface area contributed by atoms with E-state index in [0.29, 0.717) is 12.8 Å². The molecule has 0 aliphatic carbocycles. The van der Waals surface area contributed by atoms with Gasteiger partial charge in [-0.3, -0.25) is 9.59 Å². The third-order valence-corrected chi connectivity index (χ3v) is 6.60. The number of unbranched alkanes of at least 4 members (excludes halogenated alkanes) is 11. The van der Waals surface area contributed by atoms with E-state index >= 15 is 0 Å². The average molecular weight is 534 g/mol. The molecule has 2 atom stereocenters. The van der Waals surface area contributed by atoms with E-state index in [0.717, 1.165) is 50.5 Å². The maximum atomic E-state index is 12.7. The summed E-state index contributed by atoms with van der Waals surface area (Å²) in [7, 11) is 0. The molecule has 0 bridgehead atoms. The van der Waals surface area contributed by atoms with Crippen molar-refractivity contribution in [1.82, 2.24) is 5.32 Å². The Morgan fingerprint density at radius 2 is 1.39 bits per heavy atom. The van der Waals surface area contributed by atoms with Crippen molar-refractivity contribution in [3.8, 4) is 0 Å². The fraction of sp³-hybridized carbons (Fsp3) is 0.710. The van der Waals surface area contributed by atoms with Crippen LogP contribution in [0.2, 0.25) is 0 Å². The van der Waals surface area contributed by atoms with Gasteiger partial charge in [-0.15, -0.1) is 0 Å². The van der Waals surface area contributed by atoms with Gasteiger partial charge in [-0.1, -0.05) is 115 Å². The number of benzene rings is 1. The van der Waals surface area contributed by atoms with Crippen LogP contribution in [-0.2, 0) is 30.5 Å². The van der Waals surface area contributed by atoms with E-state index in [2.05, 4.69) is 19.2 Å². The molecule has 1 aromatic rings. The Morgan fingerprint density at radius 3 is 2.00 bits per heavy atom. The number of amides is 1. The highest BCUT2D eigenvalue weighted by molar-refractivity contribution is 5.85. The normalized spacial score (nSPS) is 12.5. The van der Waals surface area contributed by atoms with E-state index in [1.807, 2.05) is 30.3 Å². The van der Waals surface area contributed by atoms with Gasteiger partial charge in [-0.05, 0) is 24.8 Å². The van der Waals surface area contributed by atoms with Crippen molar-refractivity contribution in [1.29, 1.82) is 0 Å². The van der Waals surface area contributed by atoms with Crippen molar-refractivity contribution in [2.45, 2.75) is 135 Å². The quantitative estimate of drug-likeness (QED) is 0.125. The number of aliphatic hydroxyl groups excluding tert-OH is 1. The Bertz CT molecular complexity index is 754. The van der Waals surface area contributed by atoms with Gasteiger partial charge in [-0.2, -0.15) is 0 Å². The van der Waals surface area contributed by atoms with Crippen molar-refractivity contribution in [3.63, 3.8) is 0 Å². The van der Waals surface area contributed by atoms with Crippen LogP contribution in [0.5, 0.6) is 0 Å². The van der Waals surface area contributed by atoms with Gasteiger partial charge in [0.25, 0.3) is 0 Å². The Hall–Kier alpha value is -2.41.